The molecule has 1 aliphatic heterocycles. The quantitative estimate of drug-likeness (QED) is 0.834. The van der Waals surface area contributed by atoms with Crippen LogP contribution in [0.4, 0.5) is 0 Å². The van der Waals surface area contributed by atoms with Gasteiger partial charge in [-0.3, -0.25) is 9.69 Å². The average molecular weight is 340 g/mol. The van der Waals surface area contributed by atoms with E-state index in [1.165, 1.54) is 11.1 Å². The first kappa shape index (κ1) is 17.1. The Morgan fingerprint density at radius 2 is 1.42 bits per heavy atom. The maximum absolute atomic E-state index is 12.1. The van der Waals surface area contributed by atoms with Crippen LogP contribution in [0.2, 0.25) is 0 Å². The molecule has 2 aromatic carbocycles. The van der Waals surface area contributed by atoms with Crippen molar-refractivity contribution < 1.29 is 4.79 Å². The monoisotopic (exact) mass is 340 g/mol. The molecule has 0 saturated carbocycles. The van der Waals surface area contributed by atoms with Gasteiger partial charge in [-0.1, -0.05) is 60.7 Å². The van der Waals surface area contributed by atoms with Gasteiger partial charge in [-0.05, 0) is 17.4 Å². The van der Waals surface area contributed by atoms with Gasteiger partial charge in [0.05, 0.1) is 11.8 Å². The molecular weight excluding hydrogens is 316 g/mol. The van der Waals surface area contributed by atoms with Crippen molar-refractivity contribution in [3.63, 3.8) is 0 Å². The zero-order valence-electron chi connectivity index (χ0n) is 14.1. The van der Waals surface area contributed by atoms with E-state index in [1.807, 2.05) is 11.2 Å². The van der Waals surface area contributed by atoms with Gasteiger partial charge in [-0.2, -0.15) is 11.8 Å². The number of hydrogen-bond acceptors (Lipinski definition) is 3. The highest BCUT2D eigenvalue weighted by Crippen LogP contribution is 2.29. The molecule has 1 heterocycles. The molecule has 0 spiro atoms. The van der Waals surface area contributed by atoms with Crippen molar-refractivity contribution in [2.75, 3.05) is 38.2 Å². The highest BCUT2D eigenvalue weighted by Gasteiger charge is 2.27. The average Bonchev–Trinajstić information content (AvgIpc) is 2.64. The van der Waals surface area contributed by atoms with E-state index in [0.29, 0.717) is 5.75 Å². The lowest BCUT2D eigenvalue weighted by Crippen LogP contribution is -2.50. The van der Waals surface area contributed by atoms with Gasteiger partial charge in [-0.15, -0.1) is 0 Å². The number of piperazine rings is 1. The first-order chi connectivity index (χ1) is 11.8. The summed E-state index contributed by atoms with van der Waals surface area (Å²) in [6.45, 7) is 3.45. The van der Waals surface area contributed by atoms with Crippen LogP contribution in [0, 0.1) is 0 Å². The zero-order valence-corrected chi connectivity index (χ0v) is 14.9. The van der Waals surface area contributed by atoms with Crippen molar-refractivity contribution in [3.8, 4) is 0 Å². The van der Waals surface area contributed by atoms with E-state index >= 15 is 0 Å². The summed E-state index contributed by atoms with van der Waals surface area (Å²) in [5.41, 5.74) is 2.63. The van der Waals surface area contributed by atoms with Crippen LogP contribution in [0.5, 0.6) is 0 Å². The third-order valence-electron chi connectivity index (χ3n) is 4.53. The number of carbonyl (C=O) groups excluding carboxylic acids is 1. The number of rotatable bonds is 5. The Hall–Kier alpha value is -1.78. The second kappa shape index (κ2) is 8.36. The van der Waals surface area contributed by atoms with E-state index in [2.05, 4.69) is 65.6 Å². The Bertz CT molecular complexity index is 600. The minimum Gasteiger partial charge on any atom is -0.339 e. The fourth-order valence-corrected chi connectivity index (χ4v) is 3.76. The van der Waals surface area contributed by atoms with Gasteiger partial charge in [0.25, 0.3) is 0 Å². The molecule has 0 bridgehead atoms. The molecule has 1 fully saturated rings. The van der Waals surface area contributed by atoms with E-state index < -0.39 is 0 Å². The number of carbonyl (C=O) groups is 1. The molecule has 4 heteroatoms. The Balaban J connectivity index is 1.77. The van der Waals surface area contributed by atoms with Crippen molar-refractivity contribution in [2.45, 2.75) is 6.04 Å². The lowest BCUT2D eigenvalue weighted by Gasteiger charge is -2.39. The van der Waals surface area contributed by atoms with Crippen LogP contribution in [-0.4, -0.2) is 53.9 Å². The van der Waals surface area contributed by atoms with E-state index in [0.717, 1.165) is 26.2 Å². The van der Waals surface area contributed by atoms with Crippen molar-refractivity contribution in [1.29, 1.82) is 0 Å². The molecule has 1 saturated heterocycles. The second-order valence-electron chi connectivity index (χ2n) is 6.07. The third kappa shape index (κ3) is 4.00. The summed E-state index contributed by atoms with van der Waals surface area (Å²) in [5, 5.41) is 0. The Kier molecular flexibility index (Phi) is 5.94. The highest BCUT2D eigenvalue weighted by molar-refractivity contribution is 7.99. The molecule has 3 rings (SSSR count). The molecular formula is C20H24N2OS. The summed E-state index contributed by atoms with van der Waals surface area (Å²) < 4.78 is 0. The highest BCUT2D eigenvalue weighted by atomic mass is 32.2. The maximum Gasteiger partial charge on any atom is 0.232 e. The summed E-state index contributed by atoms with van der Waals surface area (Å²) in [5.74, 6) is 0.846. The van der Waals surface area contributed by atoms with Crippen molar-refractivity contribution >= 4 is 17.7 Å². The maximum atomic E-state index is 12.1. The number of nitrogens with zero attached hydrogens (tertiary/aromatic N) is 2. The molecule has 1 aliphatic rings. The zero-order chi connectivity index (χ0) is 16.8. The van der Waals surface area contributed by atoms with Crippen molar-refractivity contribution in [2.24, 2.45) is 0 Å². The summed E-state index contributed by atoms with van der Waals surface area (Å²) in [6, 6.07) is 21.6. The molecule has 0 aliphatic carbocycles. The van der Waals surface area contributed by atoms with E-state index in [-0.39, 0.29) is 11.9 Å². The summed E-state index contributed by atoms with van der Waals surface area (Å²) in [4.78, 5) is 16.6. The van der Waals surface area contributed by atoms with Crippen molar-refractivity contribution in [3.05, 3.63) is 71.8 Å². The second-order valence-corrected chi connectivity index (χ2v) is 6.94. The van der Waals surface area contributed by atoms with Gasteiger partial charge in [0.2, 0.25) is 5.91 Å². The number of amides is 1. The standard InChI is InChI=1S/C20H24N2OS/c1-24-16-19(23)21-12-14-22(15-13-21)20(17-8-4-2-5-9-17)18-10-6-3-7-11-18/h2-11,20H,12-16H2,1H3. The summed E-state index contributed by atoms with van der Waals surface area (Å²) in [6.07, 6.45) is 1.98. The first-order valence-electron chi connectivity index (χ1n) is 8.40. The van der Waals surface area contributed by atoms with Crippen LogP contribution < -0.4 is 0 Å². The minimum absolute atomic E-state index is 0.255. The van der Waals surface area contributed by atoms with Gasteiger partial charge in [0, 0.05) is 26.2 Å². The molecule has 0 N–H and O–H groups in total. The van der Waals surface area contributed by atoms with E-state index in [9.17, 15) is 4.79 Å². The number of thioether (sulfide) groups is 1. The summed E-state index contributed by atoms with van der Waals surface area (Å²) >= 11 is 1.60. The van der Waals surface area contributed by atoms with Crippen LogP contribution in [0.15, 0.2) is 60.7 Å². The Morgan fingerprint density at radius 3 is 1.88 bits per heavy atom. The SMILES string of the molecule is CSCC(=O)N1CCN(C(c2ccccc2)c2ccccc2)CC1. The molecule has 1 amide bonds. The van der Waals surface area contributed by atoms with Gasteiger partial charge >= 0.3 is 0 Å². The Labute approximate surface area is 148 Å². The van der Waals surface area contributed by atoms with Gasteiger partial charge in [0.1, 0.15) is 0 Å². The predicted octanol–water partition coefficient (Wildman–Crippen LogP) is 3.28. The van der Waals surface area contributed by atoms with Gasteiger partial charge in [-0.25, -0.2) is 0 Å². The third-order valence-corrected chi connectivity index (χ3v) is 5.07. The van der Waals surface area contributed by atoms with Crippen LogP contribution in [0.3, 0.4) is 0 Å². The van der Waals surface area contributed by atoms with Gasteiger partial charge < -0.3 is 4.90 Å². The molecule has 24 heavy (non-hydrogen) atoms. The molecule has 0 unspecified atom stereocenters. The first-order valence-corrected chi connectivity index (χ1v) is 9.79. The normalized spacial score (nSPS) is 15.7. The fourth-order valence-electron chi connectivity index (χ4n) is 3.33. The predicted molar refractivity (Wildman–Crippen MR) is 101 cm³/mol. The minimum atomic E-state index is 0.255. The Morgan fingerprint density at radius 1 is 0.917 bits per heavy atom. The van der Waals surface area contributed by atoms with Gasteiger partial charge in [0.15, 0.2) is 0 Å². The van der Waals surface area contributed by atoms with E-state index in [4.69, 9.17) is 0 Å². The molecule has 0 aromatic heterocycles. The van der Waals surface area contributed by atoms with Crippen LogP contribution >= 0.6 is 11.8 Å². The fraction of sp³-hybridized carbons (Fsp3) is 0.350. The smallest absolute Gasteiger partial charge is 0.232 e. The van der Waals surface area contributed by atoms with Crippen LogP contribution in [0.25, 0.3) is 0 Å². The van der Waals surface area contributed by atoms with Crippen molar-refractivity contribution in [1.82, 2.24) is 9.80 Å². The van der Waals surface area contributed by atoms with Crippen LogP contribution in [-0.2, 0) is 4.79 Å². The van der Waals surface area contributed by atoms with E-state index in [1.54, 1.807) is 11.8 Å². The van der Waals surface area contributed by atoms with Crippen LogP contribution in [0.1, 0.15) is 17.2 Å². The lowest BCUT2D eigenvalue weighted by atomic mass is 9.96. The number of benzene rings is 2. The molecule has 3 nitrogen and oxygen atoms in total. The molecule has 126 valence electrons. The molecule has 0 atom stereocenters. The lowest BCUT2D eigenvalue weighted by molar-refractivity contribution is -0.130. The molecule has 2 aromatic rings. The largest absolute Gasteiger partial charge is 0.339 e. The summed E-state index contributed by atoms with van der Waals surface area (Å²) in [7, 11) is 0. The molecule has 0 radical (unpaired) electrons. The number of hydrogen-bond donors (Lipinski definition) is 0. The topological polar surface area (TPSA) is 23.6 Å².